The van der Waals surface area contributed by atoms with Gasteiger partial charge in [-0.2, -0.15) is 0 Å². The van der Waals surface area contributed by atoms with Crippen LogP contribution in [0.2, 0.25) is 5.02 Å². The Bertz CT molecular complexity index is 993. The molecule has 0 radical (unpaired) electrons. The number of aromatic nitrogens is 2. The normalized spacial score (nSPS) is 10.3. The number of halogens is 1. The Labute approximate surface area is 167 Å². The van der Waals surface area contributed by atoms with E-state index in [-0.39, 0.29) is 5.91 Å². The van der Waals surface area contributed by atoms with E-state index in [2.05, 4.69) is 20.6 Å². The van der Waals surface area contributed by atoms with Crippen molar-refractivity contribution in [3.63, 3.8) is 0 Å². The molecule has 144 valence electrons. The number of rotatable bonds is 6. The molecule has 1 heterocycles. The lowest BCUT2D eigenvalue weighted by atomic mass is 10.2. The molecular weight excluding hydrogens is 380 g/mol. The molecule has 1 aromatic heterocycles. The number of carbonyl (C=O) groups excluding carboxylic acids is 1. The fourth-order valence-electron chi connectivity index (χ4n) is 2.51. The molecule has 7 nitrogen and oxygen atoms in total. The highest BCUT2D eigenvalue weighted by molar-refractivity contribution is 6.32. The molecule has 28 heavy (non-hydrogen) atoms. The Balaban J connectivity index is 1.75. The molecule has 0 aliphatic carbocycles. The number of aryl methyl sites for hydroxylation is 1. The molecule has 0 aliphatic rings. The van der Waals surface area contributed by atoms with Gasteiger partial charge in [-0.1, -0.05) is 23.7 Å². The number of ether oxygens (including phenoxy) is 2. The first-order valence-corrected chi connectivity index (χ1v) is 8.76. The summed E-state index contributed by atoms with van der Waals surface area (Å²) in [6.07, 6.45) is 2.89. The van der Waals surface area contributed by atoms with Gasteiger partial charge in [0, 0.05) is 30.2 Å². The Hall–Kier alpha value is -3.32. The van der Waals surface area contributed by atoms with Crippen LogP contribution in [0.5, 0.6) is 11.5 Å². The highest BCUT2D eigenvalue weighted by atomic mass is 35.5. The molecule has 8 heteroatoms. The van der Waals surface area contributed by atoms with Crippen LogP contribution in [0.1, 0.15) is 15.9 Å². The highest BCUT2D eigenvalue weighted by Gasteiger charge is 2.14. The van der Waals surface area contributed by atoms with Gasteiger partial charge in [-0.25, -0.2) is 9.97 Å². The fraction of sp³-hybridized carbons (Fsp3) is 0.150. The van der Waals surface area contributed by atoms with Crippen LogP contribution in [-0.4, -0.2) is 30.1 Å². The molecule has 0 saturated carbocycles. The van der Waals surface area contributed by atoms with Gasteiger partial charge in [-0.3, -0.25) is 4.79 Å². The molecule has 0 atom stereocenters. The molecule has 0 fully saturated rings. The SMILES string of the molecule is COc1cc(NC(=O)c2cnc(Nc3cccc(C)c3)nc2)c(OC)cc1Cl. The number of methoxy groups -OCH3 is 2. The number of amides is 1. The summed E-state index contributed by atoms with van der Waals surface area (Å²) in [6.45, 7) is 2.00. The quantitative estimate of drug-likeness (QED) is 0.638. The van der Waals surface area contributed by atoms with Gasteiger partial charge < -0.3 is 20.1 Å². The van der Waals surface area contributed by atoms with Gasteiger partial charge in [-0.05, 0) is 24.6 Å². The Kier molecular flexibility index (Phi) is 5.96. The molecule has 2 aromatic carbocycles. The molecule has 0 bridgehead atoms. The molecule has 2 N–H and O–H groups in total. The lowest BCUT2D eigenvalue weighted by Gasteiger charge is -2.13. The van der Waals surface area contributed by atoms with Crippen LogP contribution in [0.15, 0.2) is 48.8 Å². The van der Waals surface area contributed by atoms with Gasteiger partial charge in [0.15, 0.2) is 0 Å². The van der Waals surface area contributed by atoms with Crippen LogP contribution >= 0.6 is 11.6 Å². The lowest BCUT2D eigenvalue weighted by Crippen LogP contribution is -2.14. The van der Waals surface area contributed by atoms with Crippen LogP contribution in [0.4, 0.5) is 17.3 Å². The molecular formula is C20H19ClN4O3. The zero-order valence-corrected chi connectivity index (χ0v) is 16.4. The zero-order chi connectivity index (χ0) is 20.1. The van der Waals surface area contributed by atoms with Gasteiger partial charge >= 0.3 is 0 Å². The monoisotopic (exact) mass is 398 g/mol. The maximum atomic E-state index is 12.5. The van der Waals surface area contributed by atoms with Crippen molar-refractivity contribution in [3.05, 3.63) is 64.9 Å². The maximum absolute atomic E-state index is 12.5. The van der Waals surface area contributed by atoms with Crippen molar-refractivity contribution in [1.29, 1.82) is 0 Å². The largest absolute Gasteiger partial charge is 0.495 e. The third-order valence-corrected chi connectivity index (χ3v) is 4.21. The first-order chi connectivity index (χ1) is 13.5. The predicted molar refractivity (Wildman–Crippen MR) is 109 cm³/mol. The van der Waals surface area contributed by atoms with Crippen LogP contribution in [0, 0.1) is 6.92 Å². The fourth-order valence-corrected chi connectivity index (χ4v) is 2.75. The Morgan fingerprint density at radius 2 is 1.75 bits per heavy atom. The summed E-state index contributed by atoms with van der Waals surface area (Å²) >= 11 is 6.08. The minimum absolute atomic E-state index is 0.297. The molecule has 1 amide bonds. The topological polar surface area (TPSA) is 85.4 Å². The van der Waals surface area contributed by atoms with E-state index in [1.807, 2.05) is 31.2 Å². The number of benzene rings is 2. The van der Waals surface area contributed by atoms with Gasteiger partial charge in [-0.15, -0.1) is 0 Å². The zero-order valence-electron chi connectivity index (χ0n) is 15.6. The number of carbonyl (C=O) groups is 1. The van der Waals surface area contributed by atoms with E-state index in [9.17, 15) is 4.79 Å². The predicted octanol–water partition coefficient (Wildman–Crippen LogP) is 4.45. The molecule has 3 rings (SSSR count). The molecule has 0 aliphatic heterocycles. The van der Waals surface area contributed by atoms with E-state index in [1.54, 1.807) is 12.1 Å². The van der Waals surface area contributed by atoms with E-state index >= 15 is 0 Å². The van der Waals surface area contributed by atoms with Crippen molar-refractivity contribution in [2.75, 3.05) is 24.9 Å². The number of nitrogens with zero attached hydrogens (tertiary/aromatic N) is 2. The minimum Gasteiger partial charge on any atom is -0.495 e. The second kappa shape index (κ2) is 8.58. The Morgan fingerprint density at radius 1 is 1.04 bits per heavy atom. The number of hydrogen-bond donors (Lipinski definition) is 2. The molecule has 0 spiro atoms. The van der Waals surface area contributed by atoms with Crippen molar-refractivity contribution >= 4 is 34.8 Å². The third-order valence-electron chi connectivity index (χ3n) is 3.91. The average Bonchev–Trinajstić information content (AvgIpc) is 2.69. The number of anilines is 3. The highest BCUT2D eigenvalue weighted by Crippen LogP contribution is 2.36. The second-order valence-electron chi connectivity index (χ2n) is 5.93. The van der Waals surface area contributed by atoms with Crippen molar-refractivity contribution in [1.82, 2.24) is 9.97 Å². The van der Waals surface area contributed by atoms with E-state index in [1.165, 1.54) is 26.6 Å². The van der Waals surface area contributed by atoms with Gasteiger partial charge in [0.05, 0.1) is 30.5 Å². The van der Waals surface area contributed by atoms with Crippen molar-refractivity contribution in [3.8, 4) is 11.5 Å². The van der Waals surface area contributed by atoms with Gasteiger partial charge in [0.1, 0.15) is 11.5 Å². The van der Waals surface area contributed by atoms with E-state index < -0.39 is 0 Å². The summed E-state index contributed by atoms with van der Waals surface area (Å²) in [5.74, 6) is 0.849. The van der Waals surface area contributed by atoms with Crippen LogP contribution in [0.25, 0.3) is 0 Å². The summed E-state index contributed by atoms with van der Waals surface area (Å²) < 4.78 is 10.4. The number of nitrogens with one attached hydrogen (secondary N) is 2. The molecule has 3 aromatic rings. The average molecular weight is 399 g/mol. The summed E-state index contributed by atoms with van der Waals surface area (Å²) in [6, 6.07) is 11.0. The number of hydrogen-bond acceptors (Lipinski definition) is 6. The second-order valence-corrected chi connectivity index (χ2v) is 6.34. The first-order valence-electron chi connectivity index (χ1n) is 8.38. The van der Waals surface area contributed by atoms with Gasteiger partial charge in [0.25, 0.3) is 5.91 Å². The van der Waals surface area contributed by atoms with E-state index in [4.69, 9.17) is 21.1 Å². The summed E-state index contributed by atoms with van der Waals surface area (Å²) in [7, 11) is 2.98. The van der Waals surface area contributed by atoms with Crippen LogP contribution < -0.4 is 20.1 Å². The molecule has 0 unspecified atom stereocenters. The van der Waals surface area contributed by atoms with Gasteiger partial charge in [0.2, 0.25) is 5.95 Å². The minimum atomic E-state index is -0.384. The summed E-state index contributed by atoms with van der Waals surface area (Å²) in [5, 5.41) is 6.23. The summed E-state index contributed by atoms with van der Waals surface area (Å²) in [4.78, 5) is 20.9. The summed E-state index contributed by atoms with van der Waals surface area (Å²) in [5.41, 5.74) is 2.71. The van der Waals surface area contributed by atoms with Crippen molar-refractivity contribution in [2.45, 2.75) is 6.92 Å². The lowest BCUT2D eigenvalue weighted by molar-refractivity contribution is 0.102. The maximum Gasteiger partial charge on any atom is 0.258 e. The third kappa shape index (κ3) is 4.50. The van der Waals surface area contributed by atoms with E-state index in [0.717, 1.165) is 11.3 Å². The van der Waals surface area contributed by atoms with E-state index in [0.29, 0.717) is 33.7 Å². The van der Waals surface area contributed by atoms with Crippen molar-refractivity contribution < 1.29 is 14.3 Å². The molecule has 0 saturated heterocycles. The first kappa shape index (κ1) is 19.4. The smallest absolute Gasteiger partial charge is 0.258 e. The standard InChI is InChI=1S/C20H19ClN4O3/c1-12-5-4-6-14(7-12)24-20-22-10-13(11-23-20)19(26)25-16-9-17(27-2)15(21)8-18(16)28-3/h4-11H,1-3H3,(H,25,26)(H,22,23,24). The van der Waals surface area contributed by atoms with Crippen LogP contribution in [-0.2, 0) is 0 Å². The van der Waals surface area contributed by atoms with Crippen molar-refractivity contribution in [2.24, 2.45) is 0 Å². The van der Waals surface area contributed by atoms with Crippen LogP contribution in [0.3, 0.4) is 0 Å². The Morgan fingerprint density at radius 3 is 2.39 bits per heavy atom.